The predicted octanol–water partition coefficient (Wildman–Crippen LogP) is 2.61. The van der Waals surface area contributed by atoms with Gasteiger partial charge in [0, 0.05) is 24.1 Å². The third-order valence-electron chi connectivity index (χ3n) is 6.13. The second kappa shape index (κ2) is 7.13. The maximum absolute atomic E-state index is 11.2. The number of hydrogen-bond acceptors (Lipinski definition) is 5. The molecule has 1 spiro atoms. The summed E-state index contributed by atoms with van der Waals surface area (Å²) in [6.45, 7) is 0.917. The number of hydrogen-bond donors (Lipinski definition) is 3. The van der Waals surface area contributed by atoms with Gasteiger partial charge in [-0.2, -0.15) is 5.23 Å². The minimum Gasteiger partial charge on any atom is -0.595 e. The lowest BCUT2D eigenvalue weighted by atomic mass is 9.71. The zero-order valence-corrected chi connectivity index (χ0v) is 15.7. The lowest BCUT2D eigenvalue weighted by Crippen LogP contribution is -2.99. The van der Waals surface area contributed by atoms with E-state index in [1.54, 1.807) is 26.4 Å². The first kappa shape index (κ1) is 18.3. The van der Waals surface area contributed by atoms with E-state index < -0.39 is 5.23 Å². The van der Waals surface area contributed by atoms with Crippen LogP contribution in [0.25, 0.3) is 0 Å². The second-order valence-corrected chi connectivity index (χ2v) is 7.52. The molecule has 6 nitrogen and oxygen atoms in total. The Bertz CT molecular complexity index is 814. The van der Waals surface area contributed by atoms with Gasteiger partial charge < -0.3 is 20.0 Å². The number of quaternary nitrogens is 1. The summed E-state index contributed by atoms with van der Waals surface area (Å²) < 4.78 is 11.1. The van der Waals surface area contributed by atoms with E-state index in [4.69, 9.17) is 14.7 Å². The van der Waals surface area contributed by atoms with E-state index in [2.05, 4.69) is 17.4 Å². The van der Waals surface area contributed by atoms with E-state index in [0.29, 0.717) is 5.69 Å². The summed E-state index contributed by atoms with van der Waals surface area (Å²) in [5, 5.41) is 23.1. The highest BCUT2D eigenvalue weighted by molar-refractivity contribution is 5.55. The fourth-order valence-corrected chi connectivity index (χ4v) is 4.71. The summed E-state index contributed by atoms with van der Waals surface area (Å²) in [6, 6.07) is 11.4. The first-order chi connectivity index (χ1) is 13.1. The van der Waals surface area contributed by atoms with Crippen molar-refractivity contribution in [2.24, 2.45) is 0 Å². The van der Waals surface area contributed by atoms with Gasteiger partial charge in [0.05, 0.1) is 20.3 Å². The van der Waals surface area contributed by atoms with Gasteiger partial charge in [0.2, 0.25) is 0 Å². The standard InChI is InChI=1S/C21H26N2O4/c1-26-18-11-16-17(12-19(18)27-2)21(9-3-4-10-21)13-22-20(16)14-5-7-15(8-6-14)23(24)25/h5-8,11-12,20,22-24H,3-4,9-10,13H2,1-2H3/t20-/m1/s1. The monoisotopic (exact) mass is 370 g/mol. The number of fused-ring (bicyclic) bond motifs is 2. The van der Waals surface area contributed by atoms with Gasteiger partial charge in [-0.05, 0) is 41.7 Å². The lowest BCUT2D eigenvalue weighted by molar-refractivity contribution is -0.991. The van der Waals surface area contributed by atoms with Gasteiger partial charge in [0.15, 0.2) is 17.2 Å². The smallest absolute Gasteiger partial charge is 0.163 e. The molecule has 2 aromatic carbocycles. The van der Waals surface area contributed by atoms with Crippen molar-refractivity contribution in [2.75, 3.05) is 20.8 Å². The largest absolute Gasteiger partial charge is 0.595 e. The van der Waals surface area contributed by atoms with Crippen molar-refractivity contribution in [3.8, 4) is 11.5 Å². The highest BCUT2D eigenvalue weighted by atomic mass is 16.8. The van der Waals surface area contributed by atoms with Crippen LogP contribution in [0.5, 0.6) is 11.5 Å². The fraction of sp³-hybridized carbons (Fsp3) is 0.429. The zero-order chi connectivity index (χ0) is 19.0. The van der Waals surface area contributed by atoms with Crippen LogP contribution in [0.4, 0.5) is 5.69 Å². The van der Waals surface area contributed by atoms with Crippen molar-refractivity contribution in [1.82, 2.24) is 5.32 Å². The van der Waals surface area contributed by atoms with Gasteiger partial charge in [0.1, 0.15) is 0 Å². The summed E-state index contributed by atoms with van der Waals surface area (Å²) in [5.74, 6) is 1.49. The second-order valence-electron chi connectivity index (χ2n) is 7.52. The Labute approximate surface area is 159 Å². The topological polar surface area (TPSA) is 78.2 Å². The Hall–Kier alpha value is -2.12. The van der Waals surface area contributed by atoms with Crippen molar-refractivity contribution in [1.29, 1.82) is 0 Å². The minimum atomic E-state index is -0.908. The summed E-state index contributed by atoms with van der Waals surface area (Å²) in [6.07, 6.45) is 4.83. The number of ether oxygens (including phenoxy) is 2. The average molecular weight is 370 g/mol. The molecule has 27 heavy (non-hydrogen) atoms. The highest BCUT2D eigenvalue weighted by Gasteiger charge is 2.42. The van der Waals surface area contributed by atoms with E-state index in [1.807, 2.05) is 12.1 Å². The molecule has 1 fully saturated rings. The molecule has 6 heteroatoms. The van der Waals surface area contributed by atoms with Gasteiger partial charge in [-0.15, -0.1) is 0 Å². The molecule has 1 aliphatic heterocycles. The molecular formula is C21H26N2O4. The lowest BCUT2D eigenvalue weighted by Gasteiger charge is -2.41. The molecule has 1 saturated carbocycles. The van der Waals surface area contributed by atoms with Crippen LogP contribution in [-0.4, -0.2) is 26.0 Å². The van der Waals surface area contributed by atoms with E-state index in [9.17, 15) is 5.21 Å². The molecule has 0 radical (unpaired) electrons. The van der Waals surface area contributed by atoms with Crippen molar-refractivity contribution in [2.45, 2.75) is 37.1 Å². The molecule has 144 valence electrons. The quantitative estimate of drug-likeness (QED) is 0.721. The van der Waals surface area contributed by atoms with Crippen LogP contribution in [0.15, 0.2) is 36.4 Å². The Kier molecular flexibility index (Phi) is 4.82. The van der Waals surface area contributed by atoms with Gasteiger partial charge in [-0.1, -0.05) is 25.0 Å². The van der Waals surface area contributed by atoms with Gasteiger partial charge in [-0.25, -0.2) is 5.21 Å². The molecule has 1 unspecified atom stereocenters. The number of rotatable bonds is 4. The number of nitrogens with one attached hydrogen (secondary N) is 2. The van der Waals surface area contributed by atoms with Crippen LogP contribution in [0.1, 0.15) is 48.4 Å². The van der Waals surface area contributed by atoms with Gasteiger partial charge in [-0.3, -0.25) is 0 Å². The normalized spacial score (nSPS) is 21.7. The van der Waals surface area contributed by atoms with Crippen molar-refractivity contribution in [3.63, 3.8) is 0 Å². The average Bonchev–Trinajstić information content (AvgIpc) is 3.17. The highest BCUT2D eigenvalue weighted by Crippen LogP contribution is 2.50. The first-order valence-electron chi connectivity index (χ1n) is 9.41. The maximum Gasteiger partial charge on any atom is 0.163 e. The molecule has 2 aromatic rings. The van der Waals surface area contributed by atoms with E-state index >= 15 is 0 Å². The maximum atomic E-state index is 11.2. The SMILES string of the molecule is COc1cc2c(cc1OC)C1(CCCC1)CN[C@@H]2c1ccc([NH+]([O-])O)cc1. The number of methoxy groups -OCH3 is 2. The molecule has 0 amide bonds. The van der Waals surface area contributed by atoms with Crippen molar-refractivity contribution >= 4 is 5.69 Å². The molecule has 1 heterocycles. The van der Waals surface area contributed by atoms with Crippen LogP contribution < -0.4 is 20.0 Å². The molecule has 0 aromatic heterocycles. The molecular weight excluding hydrogens is 344 g/mol. The van der Waals surface area contributed by atoms with Crippen LogP contribution >= 0.6 is 0 Å². The Balaban J connectivity index is 1.82. The third-order valence-corrected chi connectivity index (χ3v) is 6.13. The zero-order valence-electron chi connectivity index (χ0n) is 15.7. The van der Waals surface area contributed by atoms with Crippen molar-refractivity contribution in [3.05, 3.63) is 58.3 Å². The summed E-state index contributed by atoms with van der Waals surface area (Å²) in [5.41, 5.74) is 4.04. The molecule has 2 aliphatic rings. The number of benzene rings is 2. The molecule has 0 bridgehead atoms. The summed E-state index contributed by atoms with van der Waals surface area (Å²) in [4.78, 5) is 0. The Morgan fingerprint density at radius 1 is 1.07 bits per heavy atom. The predicted molar refractivity (Wildman–Crippen MR) is 102 cm³/mol. The minimum absolute atomic E-state index is 0.00822. The van der Waals surface area contributed by atoms with E-state index in [1.165, 1.54) is 36.8 Å². The fourth-order valence-electron chi connectivity index (χ4n) is 4.71. The van der Waals surface area contributed by atoms with Crippen LogP contribution in [-0.2, 0) is 5.41 Å². The molecule has 3 N–H and O–H groups in total. The Morgan fingerprint density at radius 2 is 1.70 bits per heavy atom. The summed E-state index contributed by atoms with van der Waals surface area (Å²) in [7, 11) is 3.33. The van der Waals surface area contributed by atoms with E-state index in [0.717, 1.165) is 23.6 Å². The van der Waals surface area contributed by atoms with Crippen LogP contribution in [0, 0.1) is 5.21 Å². The Morgan fingerprint density at radius 3 is 2.30 bits per heavy atom. The molecule has 1 aliphatic carbocycles. The third kappa shape index (κ3) is 3.08. The molecule has 4 rings (SSSR count). The molecule has 2 atom stereocenters. The van der Waals surface area contributed by atoms with Gasteiger partial charge in [0.25, 0.3) is 0 Å². The molecule has 0 saturated heterocycles. The van der Waals surface area contributed by atoms with Crippen LogP contribution in [0.3, 0.4) is 0 Å². The van der Waals surface area contributed by atoms with Gasteiger partial charge >= 0.3 is 0 Å². The van der Waals surface area contributed by atoms with Crippen LogP contribution in [0.2, 0.25) is 0 Å². The van der Waals surface area contributed by atoms with Crippen molar-refractivity contribution < 1.29 is 19.9 Å². The van der Waals surface area contributed by atoms with E-state index in [-0.39, 0.29) is 11.5 Å². The first-order valence-corrected chi connectivity index (χ1v) is 9.41. The summed E-state index contributed by atoms with van der Waals surface area (Å²) >= 11 is 0.